The number of benzene rings is 1. The van der Waals surface area contributed by atoms with Crippen LogP contribution < -0.4 is 4.90 Å². The lowest BCUT2D eigenvalue weighted by Gasteiger charge is -2.35. The average molecular weight is 353 g/mol. The Morgan fingerprint density at radius 2 is 1.88 bits per heavy atom. The second-order valence-electron chi connectivity index (χ2n) is 7.06. The van der Waals surface area contributed by atoms with Gasteiger partial charge in [-0.25, -0.2) is 14.4 Å². The van der Waals surface area contributed by atoms with Gasteiger partial charge in [-0.15, -0.1) is 0 Å². The molecular weight excluding hydrogens is 329 g/mol. The van der Waals surface area contributed by atoms with Crippen molar-refractivity contribution in [2.75, 3.05) is 31.1 Å². The van der Waals surface area contributed by atoms with Crippen LogP contribution in [0.25, 0.3) is 0 Å². The summed E-state index contributed by atoms with van der Waals surface area (Å²) in [4.78, 5) is 13.7. The number of hydrogen-bond acceptors (Lipinski definition) is 5. The highest BCUT2D eigenvalue weighted by molar-refractivity contribution is 5.41. The van der Waals surface area contributed by atoms with Crippen LogP contribution in [-0.4, -0.2) is 41.0 Å². The largest absolute Gasteiger partial charge is 0.354 e. The predicted molar refractivity (Wildman–Crippen MR) is 99.5 cm³/mol. The molecule has 0 atom stereocenters. The van der Waals surface area contributed by atoms with Crippen LogP contribution in [0, 0.1) is 24.1 Å². The normalized spacial score (nSPS) is 15.3. The Morgan fingerprint density at radius 3 is 2.54 bits per heavy atom. The van der Waals surface area contributed by atoms with Gasteiger partial charge >= 0.3 is 0 Å². The number of halogens is 1. The van der Waals surface area contributed by atoms with E-state index in [0.29, 0.717) is 23.6 Å². The standard InChI is InChI=1S/C20H24FN5/c1-14(2)20-23-15(3)10-19(24-20)26-8-6-25(7-9-26)13-17-11-16(12-22)4-5-18(17)21/h4-5,10-11,14H,6-9,13H2,1-3H3. The Morgan fingerprint density at radius 1 is 1.15 bits per heavy atom. The molecule has 6 heteroatoms. The van der Waals surface area contributed by atoms with Crippen LogP contribution in [0.5, 0.6) is 0 Å². The van der Waals surface area contributed by atoms with Crippen molar-refractivity contribution in [1.82, 2.24) is 14.9 Å². The molecular formula is C20H24FN5. The highest BCUT2D eigenvalue weighted by Gasteiger charge is 2.20. The van der Waals surface area contributed by atoms with E-state index in [4.69, 9.17) is 10.2 Å². The summed E-state index contributed by atoms with van der Waals surface area (Å²) >= 11 is 0. The third kappa shape index (κ3) is 4.17. The average Bonchev–Trinajstić information content (AvgIpc) is 2.63. The molecule has 0 aliphatic carbocycles. The summed E-state index contributed by atoms with van der Waals surface area (Å²) in [6.45, 7) is 10.1. The molecule has 0 amide bonds. The van der Waals surface area contributed by atoms with Crippen molar-refractivity contribution < 1.29 is 4.39 Å². The van der Waals surface area contributed by atoms with Gasteiger partial charge in [-0.05, 0) is 25.1 Å². The van der Waals surface area contributed by atoms with Crippen molar-refractivity contribution in [2.45, 2.75) is 33.2 Å². The number of piperazine rings is 1. The van der Waals surface area contributed by atoms with E-state index >= 15 is 0 Å². The second kappa shape index (κ2) is 7.79. The lowest BCUT2D eigenvalue weighted by molar-refractivity contribution is 0.246. The third-order valence-corrected chi connectivity index (χ3v) is 4.64. The van der Waals surface area contributed by atoms with Crippen molar-refractivity contribution in [2.24, 2.45) is 0 Å². The van der Waals surface area contributed by atoms with Crippen LogP contribution >= 0.6 is 0 Å². The highest BCUT2D eigenvalue weighted by atomic mass is 19.1. The first kappa shape index (κ1) is 18.3. The van der Waals surface area contributed by atoms with Crippen LogP contribution in [0.15, 0.2) is 24.3 Å². The van der Waals surface area contributed by atoms with Crippen LogP contribution in [0.2, 0.25) is 0 Å². The van der Waals surface area contributed by atoms with Gasteiger partial charge in [-0.1, -0.05) is 13.8 Å². The van der Waals surface area contributed by atoms with Gasteiger partial charge in [-0.3, -0.25) is 4.90 Å². The molecule has 3 rings (SSSR count). The SMILES string of the molecule is Cc1cc(N2CCN(Cc3cc(C#N)ccc3F)CC2)nc(C(C)C)n1. The quantitative estimate of drug-likeness (QED) is 0.845. The molecule has 1 aliphatic rings. The molecule has 1 aromatic heterocycles. The van der Waals surface area contributed by atoms with Gasteiger partial charge in [-0.2, -0.15) is 5.26 Å². The molecule has 1 fully saturated rings. The van der Waals surface area contributed by atoms with Crippen LogP contribution in [0.4, 0.5) is 10.2 Å². The molecule has 0 radical (unpaired) electrons. The Labute approximate surface area is 154 Å². The fraction of sp³-hybridized carbons (Fsp3) is 0.450. The Bertz CT molecular complexity index is 819. The summed E-state index contributed by atoms with van der Waals surface area (Å²) < 4.78 is 14.0. The monoisotopic (exact) mass is 353 g/mol. The molecule has 2 heterocycles. The zero-order valence-electron chi connectivity index (χ0n) is 15.5. The summed E-state index contributed by atoms with van der Waals surface area (Å²) in [5, 5.41) is 9.00. The zero-order valence-corrected chi connectivity index (χ0v) is 15.5. The van der Waals surface area contributed by atoms with E-state index in [-0.39, 0.29) is 5.82 Å². The minimum absolute atomic E-state index is 0.251. The summed E-state index contributed by atoms with van der Waals surface area (Å²) in [6.07, 6.45) is 0. The van der Waals surface area contributed by atoms with E-state index in [1.807, 2.05) is 13.0 Å². The van der Waals surface area contributed by atoms with Gasteiger partial charge in [0.05, 0.1) is 11.6 Å². The smallest absolute Gasteiger partial charge is 0.133 e. The van der Waals surface area contributed by atoms with Crippen LogP contribution in [-0.2, 0) is 6.54 Å². The first-order chi connectivity index (χ1) is 12.5. The maximum atomic E-state index is 14.0. The van der Waals surface area contributed by atoms with Crippen LogP contribution in [0.3, 0.4) is 0 Å². The first-order valence-corrected chi connectivity index (χ1v) is 8.97. The van der Waals surface area contributed by atoms with Crippen molar-refractivity contribution in [1.29, 1.82) is 5.26 Å². The fourth-order valence-corrected chi connectivity index (χ4v) is 3.14. The van der Waals surface area contributed by atoms with Gasteiger partial charge in [0.15, 0.2) is 0 Å². The lowest BCUT2D eigenvalue weighted by Crippen LogP contribution is -2.46. The molecule has 1 aliphatic heterocycles. The summed E-state index contributed by atoms with van der Waals surface area (Å²) in [5.41, 5.74) is 2.06. The molecule has 2 aromatic rings. The number of nitriles is 1. The number of aromatic nitrogens is 2. The first-order valence-electron chi connectivity index (χ1n) is 8.97. The van der Waals surface area contributed by atoms with E-state index in [1.165, 1.54) is 12.1 Å². The molecule has 26 heavy (non-hydrogen) atoms. The molecule has 0 spiro atoms. The molecule has 0 bridgehead atoms. The Balaban J connectivity index is 1.66. The van der Waals surface area contributed by atoms with Gasteiger partial charge in [0, 0.05) is 56.0 Å². The van der Waals surface area contributed by atoms with Crippen molar-refractivity contribution in [3.05, 3.63) is 52.7 Å². The van der Waals surface area contributed by atoms with Crippen molar-refractivity contribution in [3.63, 3.8) is 0 Å². The Kier molecular flexibility index (Phi) is 5.48. The molecule has 0 unspecified atom stereocenters. The van der Waals surface area contributed by atoms with Gasteiger partial charge in [0.2, 0.25) is 0 Å². The maximum absolute atomic E-state index is 14.0. The number of nitrogens with zero attached hydrogens (tertiary/aromatic N) is 5. The van der Waals surface area contributed by atoms with Gasteiger partial charge in [0.25, 0.3) is 0 Å². The van der Waals surface area contributed by atoms with Gasteiger partial charge in [0.1, 0.15) is 17.5 Å². The third-order valence-electron chi connectivity index (χ3n) is 4.64. The number of rotatable bonds is 4. The molecule has 1 aromatic carbocycles. The van der Waals surface area contributed by atoms with E-state index in [0.717, 1.165) is 43.5 Å². The number of anilines is 1. The van der Waals surface area contributed by atoms with E-state index < -0.39 is 0 Å². The number of hydrogen-bond donors (Lipinski definition) is 0. The summed E-state index contributed by atoms with van der Waals surface area (Å²) in [5.74, 6) is 1.89. The molecule has 1 saturated heterocycles. The predicted octanol–water partition coefficient (Wildman–Crippen LogP) is 3.24. The van der Waals surface area contributed by atoms with E-state index in [1.54, 1.807) is 6.07 Å². The summed E-state index contributed by atoms with van der Waals surface area (Å²) in [7, 11) is 0. The van der Waals surface area contributed by atoms with Gasteiger partial charge < -0.3 is 4.90 Å². The molecule has 5 nitrogen and oxygen atoms in total. The van der Waals surface area contributed by atoms with Crippen molar-refractivity contribution >= 4 is 5.82 Å². The topological polar surface area (TPSA) is 56.0 Å². The molecule has 0 saturated carbocycles. The van der Waals surface area contributed by atoms with E-state index in [2.05, 4.69) is 34.7 Å². The lowest BCUT2D eigenvalue weighted by atomic mass is 10.1. The summed E-state index contributed by atoms with van der Waals surface area (Å²) in [6, 6.07) is 8.63. The van der Waals surface area contributed by atoms with Crippen molar-refractivity contribution in [3.8, 4) is 6.07 Å². The Hall–Kier alpha value is -2.52. The fourth-order valence-electron chi connectivity index (χ4n) is 3.14. The zero-order chi connectivity index (χ0) is 18.7. The minimum Gasteiger partial charge on any atom is -0.354 e. The second-order valence-corrected chi connectivity index (χ2v) is 7.06. The van der Waals surface area contributed by atoms with E-state index in [9.17, 15) is 4.39 Å². The minimum atomic E-state index is -0.251. The number of aryl methyl sites for hydroxylation is 1. The maximum Gasteiger partial charge on any atom is 0.133 e. The van der Waals surface area contributed by atoms with Crippen LogP contribution in [0.1, 0.15) is 42.4 Å². The molecule has 0 N–H and O–H groups in total. The molecule has 136 valence electrons. The highest BCUT2D eigenvalue weighted by Crippen LogP contribution is 2.20.